The molecule has 108 valence electrons. The number of aliphatic carboxylic acids is 1. The monoisotopic (exact) mass is 271 g/mol. The summed E-state index contributed by atoms with van der Waals surface area (Å²) in [5, 5.41) is 11.5. The van der Waals surface area contributed by atoms with Crippen molar-refractivity contribution in [1.29, 1.82) is 0 Å². The van der Waals surface area contributed by atoms with Crippen LogP contribution in [0.25, 0.3) is 0 Å². The second-order valence-electron chi connectivity index (χ2n) is 4.73. The van der Waals surface area contributed by atoms with Crippen LogP contribution in [0.2, 0.25) is 0 Å². The van der Waals surface area contributed by atoms with Crippen LogP contribution in [0.15, 0.2) is 0 Å². The molecule has 1 saturated heterocycles. The number of rotatable bonds is 6. The van der Waals surface area contributed by atoms with Gasteiger partial charge in [0.1, 0.15) is 12.1 Å². The number of likely N-dealkylation sites (tertiary alicyclic amines) is 1. The molecule has 0 spiro atoms. The van der Waals surface area contributed by atoms with Gasteiger partial charge in [-0.1, -0.05) is 19.8 Å². The first-order valence-electron chi connectivity index (χ1n) is 6.56. The maximum absolute atomic E-state index is 12.0. The zero-order valence-corrected chi connectivity index (χ0v) is 11.1. The molecule has 0 aliphatic carbocycles. The normalized spacial score (nSPS) is 20.1. The Hall–Kier alpha value is -1.79. The highest BCUT2D eigenvalue weighted by Gasteiger charge is 2.34. The first-order valence-corrected chi connectivity index (χ1v) is 6.56. The molecule has 2 atom stereocenters. The average molecular weight is 271 g/mol. The number of nitrogens with two attached hydrogens (primary N) is 1. The molecule has 1 rings (SSSR count). The molecule has 0 bridgehead atoms. The smallest absolute Gasteiger partial charge is 0.326 e. The molecule has 7 nitrogen and oxygen atoms in total. The lowest BCUT2D eigenvalue weighted by molar-refractivity contribution is -0.142. The van der Waals surface area contributed by atoms with E-state index in [0.29, 0.717) is 25.8 Å². The Kier molecular flexibility index (Phi) is 5.59. The molecule has 4 N–H and O–H groups in total. The summed E-state index contributed by atoms with van der Waals surface area (Å²) in [6.07, 6.45) is 3.20. The SMILES string of the molecule is CCCCC(NC(=O)[C@@H]1CCCN1C(N)=O)C(=O)O. The second-order valence-corrected chi connectivity index (χ2v) is 4.73. The van der Waals surface area contributed by atoms with Crippen molar-refractivity contribution in [3.05, 3.63) is 0 Å². The zero-order chi connectivity index (χ0) is 14.4. The number of hydrogen-bond acceptors (Lipinski definition) is 3. The van der Waals surface area contributed by atoms with Gasteiger partial charge < -0.3 is 21.1 Å². The first kappa shape index (κ1) is 15.3. The average Bonchev–Trinajstić information content (AvgIpc) is 2.83. The summed E-state index contributed by atoms with van der Waals surface area (Å²) in [5.74, 6) is -1.48. The molecule has 1 aliphatic heterocycles. The number of nitrogens with one attached hydrogen (secondary N) is 1. The van der Waals surface area contributed by atoms with Gasteiger partial charge in [-0.05, 0) is 19.3 Å². The van der Waals surface area contributed by atoms with E-state index in [1.54, 1.807) is 0 Å². The molecule has 1 aliphatic rings. The van der Waals surface area contributed by atoms with E-state index in [1.165, 1.54) is 4.90 Å². The predicted octanol–water partition coefficient (Wildman–Crippen LogP) is 0.289. The number of carbonyl (C=O) groups is 3. The molecule has 0 aromatic carbocycles. The van der Waals surface area contributed by atoms with E-state index in [0.717, 1.165) is 12.8 Å². The van der Waals surface area contributed by atoms with Crippen LogP contribution in [0, 0.1) is 0 Å². The van der Waals surface area contributed by atoms with E-state index in [-0.39, 0.29) is 0 Å². The minimum absolute atomic E-state index is 0.390. The van der Waals surface area contributed by atoms with Gasteiger partial charge in [-0.25, -0.2) is 9.59 Å². The fourth-order valence-electron chi connectivity index (χ4n) is 2.24. The summed E-state index contributed by atoms with van der Waals surface area (Å²) in [5.41, 5.74) is 5.19. The van der Waals surface area contributed by atoms with Gasteiger partial charge in [0, 0.05) is 6.54 Å². The van der Waals surface area contributed by atoms with Crippen LogP contribution in [0.1, 0.15) is 39.0 Å². The van der Waals surface area contributed by atoms with Gasteiger partial charge in [0.25, 0.3) is 0 Å². The fraction of sp³-hybridized carbons (Fsp3) is 0.750. The molecular weight excluding hydrogens is 250 g/mol. The van der Waals surface area contributed by atoms with Crippen LogP contribution in [0.3, 0.4) is 0 Å². The summed E-state index contributed by atoms with van der Waals surface area (Å²) >= 11 is 0. The molecule has 0 radical (unpaired) electrons. The number of amides is 3. The lowest BCUT2D eigenvalue weighted by Gasteiger charge is -2.23. The zero-order valence-electron chi connectivity index (χ0n) is 11.1. The molecule has 0 saturated carbocycles. The van der Waals surface area contributed by atoms with E-state index in [1.807, 2.05) is 6.92 Å². The lowest BCUT2D eigenvalue weighted by atomic mass is 10.1. The van der Waals surface area contributed by atoms with Crippen LogP contribution >= 0.6 is 0 Å². The summed E-state index contributed by atoms with van der Waals surface area (Å²) in [6, 6.07) is -2.18. The molecule has 0 aromatic heterocycles. The number of primary amides is 1. The number of hydrogen-bond donors (Lipinski definition) is 3. The number of unbranched alkanes of at least 4 members (excludes halogenated alkanes) is 1. The number of urea groups is 1. The molecule has 1 fully saturated rings. The third kappa shape index (κ3) is 4.11. The minimum atomic E-state index is -1.05. The number of carboxylic acids is 1. The molecule has 0 aromatic rings. The van der Waals surface area contributed by atoms with Crippen molar-refractivity contribution in [1.82, 2.24) is 10.2 Å². The molecule has 19 heavy (non-hydrogen) atoms. The van der Waals surface area contributed by atoms with Crippen LogP contribution < -0.4 is 11.1 Å². The van der Waals surface area contributed by atoms with Gasteiger partial charge in [-0.2, -0.15) is 0 Å². The number of carboxylic acid groups (broad SMARTS) is 1. The van der Waals surface area contributed by atoms with Crippen molar-refractivity contribution in [3.8, 4) is 0 Å². The van der Waals surface area contributed by atoms with Crippen LogP contribution in [0.5, 0.6) is 0 Å². The third-order valence-electron chi connectivity index (χ3n) is 3.30. The highest BCUT2D eigenvalue weighted by Crippen LogP contribution is 2.17. The van der Waals surface area contributed by atoms with Crippen LogP contribution in [-0.4, -0.2) is 46.5 Å². The van der Waals surface area contributed by atoms with Crippen molar-refractivity contribution in [3.63, 3.8) is 0 Å². The fourth-order valence-corrected chi connectivity index (χ4v) is 2.24. The topological polar surface area (TPSA) is 113 Å². The van der Waals surface area contributed by atoms with E-state index in [9.17, 15) is 14.4 Å². The largest absolute Gasteiger partial charge is 0.480 e. The van der Waals surface area contributed by atoms with Crippen molar-refractivity contribution in [2.75, 3.05) is 6.54 Å². The maximum atomic E-state index is 12.0. The summed E-state index contributed by atoms with van der Waals surface area (Å²) in [4.78, 5) is 35.5. The van der Waals surface area contributed by atoms with Gasteiger partial charge in [-0.3, -0.25) is 4.79 Å². The second kappa shape index (κ2) is 6.96. The Balaban J connectivity index is 2.60. The molecule has 7 heteroatoms. The van der Waals surface area contributed by atoms with Crippen molar-refractivity contribution >= 4 is 17.9 Å². The van der Waals surface area contributed by atoms with Crippen molar-refractivity contribution < 1.29 is 19.5 Å². The number of carbonyl (C=O) groups excluding carboxylic acids is 2. The summed E-state index contributed by atoms with van der Waals surface area (Å²) in [7, 11) is 0. The highest BCUT2D eigenvalue weighted by atomic mass is 16.4. The molecule has 1 heterocycles. The van der Waals surface area contributed by atoms with Gasteiger partial charge in [0.2, 0.25) is 5.91 Å². The third-order valence-corrected chi connectivity index (χ3v) is 3.30. The van der Waals surface area contributed by atoms with Gasteiger partial charge in [-0.15, -0.1) is 0 Å². The maximum Gasteiger partial charge on any atom is 0.326 e. The summed E-state index contributed by atoms with van der Waals surface area (Å²) < 4.78 is 0. The highest BCUT2D eigenvalue weighted by molar-refractivity contribution is 5.90. The first-order chi connectivity index (χ1) is 8.97. The van der Waals surface area contributed by atoms with Crippen LogP contribution in [-0.2, 0) is 9.59 Å². The van der Waals surface area contributed by atoms with Gasteiger partial charge in [0.05, 0.1) is 0 Å². The van der Waals surface area contributed by atoms with Crippen LogP contribution in [0.4, 0.5) is 4.79 Å². The van der Waals surface area contributed by atoms with Gasteiger partial charge >= 0.3 is 12.0 Å². The quantitative estimate of drug-likeness (QED) is 0.644. The van der Waals surface area contributed by atoms with E-state index < -0.39 is 30.0 Å². The van der Waals surface area contributed by atoms with E-state index in [4.69, 9.17) is 10.8 Å². The van der Waals surface area contributed by atoms with Crippen molar-refractivity contribution in [2.45, 2.75) is 51.1 Å². The Morgan fingerprint density at radius 2 is 2.16 bits per heavy atom. The van der Waals surface area contributed by atoms with Crippen molar-refractivity contribution in [2.24, 2.45) is 5.73 Å². The Morgan fingerprint density at radius 3 is 2.68 bits per heavy atom. The Bertz CT molecular complexity index is 359. The van der Waals surface area contributed by atoms with E-state index in [2.05, 4.69) is 5.32 Å². The van der Waals surface area contributed by atoms with E-state index >= 15 is 0 Å². The predicted molar refractivity (Wildman–Crippen MR) is 68.4 cm³/mol. The lowest BCUT2D eigenvalue weighted by Crippen LogP contribution is -2.51. The summed E-state index contributed by atoms with van der Waals surface area (Å²) in [6.45, 7) is 2.40. The Morgan fingerprint density at radius 1 is 1.47 bits per heavy atom. The number of nitrogens with zero attached hydrogens (tertiary/aromatic N) is 1. The molecule has 1 unspecified atom stereocenters. The Labute approximate surface area is 112 Å². The standard InChI is InChI=1S/C12H21N3O4/c1-2-3-5-8(11(17)18)14-10(16)9-6-4-7-15(9)12(13)19/h8-9H,2-7H2,1H3,(H2,13,19)(H,14,16)(H,17,18)/t8?,9-/m0/s1. The molecular formula is C12H21N3O4. The minimum Gasteiger partial charge on any atom is -0.480 e. The van der Waals surface area contributed by atoms with Gasteiger partial charge in [0.15, 0.2) is 0 Å². The molecule has 3 amide bonds.